The number of fused-ring (bicyclic) bond motifs is 1. The lowest BCUT2D eigenvalue weighted by Crippen LogP contribution is -2.34. The van der Waals surface area contributed by atoms with Crippen LogP contribution in [0.4, 0.5) is 4.79 Å². The molecule has 0 saturated heterocycles. The topological polar surface area (TPSA) is 49.9 Å². The molecule has 0 atom stereocenters. The lowest BCUT2D eigenvalue weighted by molar-refractivity contribution is 0.0769. The van der Waals surface area contributed by atoms with Gasteiger partial charge in [0.05, 0.1) is 5.56 Å². The van der Waals surface area contributed by atoms with Crippen molar-refractivity contribution in [2.75, 3.05) is 26.2 Å². The third-order valence-electron chi connectivity index (χ3n) is 4.35. The maximum atomic E-state index is 12.9. The second-order valence-electron chi connectivity index (χ2n) is 5.71. The zero-order valence-electron chi connectivity index (χ0n) is 15.4. The average molecular weight is 342 g/mol. The molecule has 0 N–H and O–H groups in total. The smallest absolute Gasteiger partial charge is 0.409 e. The van der Waals surface area contributed by atoms with Gasteiger partial charge in [-0.05, 0) is 50.6 Å². The van der Waals surface area contributed by atoms with Gasteiger partial charge >= 0.3 is 6.09 Å². The van der Waals surface area contributed by atoms with Gasteiger partial charge in [0.1, 0.15) is 5.75 Å². The van der Waals surface area contributed by atoms with E-state index in [0.29, 0.717) is 37.5 Å². The minimum atomic E-state index is -0.436. The predicted molar refractivity (Wildman–Crippen MR) is 100 cm³/mol. The van der Waals surface area contributed by atoms with Gasteiger partial charge < -0.3 is 14.5 Å². The summed E-state index contributed by atoms with van der Waals surface area (Å²) in [5, 5.41) is 1.88. The van der Waals surface area contributed by atoms with Crippen molar-refractivity contribution < 1.29 is 14.3 Å². The highest BCUT2D eigenvalue weighted by Gasteiger charge is 2.22. The Kier molecular flexibility index (Phi) is 6.39. The fourth-order valence-electron chi connectivity index (χ4n) is 2.79. The van der Waals surface area contributed by atoms with Crippen LogP contribution in [0.1, 0.15) is 38.1 Å². The summed E-state index contributed by atoms with van der Waals surface area (Å²) in [5.41, 5.74) is 0.419. The average Bonchev–Trinajstić information content (AvgIpc) is 2.63. The van der Waals surface area contributed by atoms with Gasteiger partial charge in [0.15, 0.2) is 0 Å². The first-order chi connectivity index (χ1) is 12.0. The summed E-state index contributed by atoms with van der Waals surface area (Å²) in [6, 6.07) is 11.3. The van der Waals surface area contributed by atoms with Crippen molar-refractivity contribution in [2.45, 2.75) is 27.7 Å². The summed E-state index contributed by atoms with van der Waals surface area (Å²) in [6.45, 7) is 9.98. The van der Waals surface area contributed by atoms with Crippen LogP contribution in [0, 0.1) is 0 Å². The number of hydrogen-bond donors (Lipinski definition) is 0. The molecule has 0 heterocycles. The molecule has 5 heteroatoms. The molecular formula is C20H26N2O3. The number of ether oxygens (including phenoxy) is 1. The molecule has 0 fully saturated rings. The minimum Gasteiger partial charge on any atom is -0.409 e. The van der Waals surface area contributed by atoms with Crippen molar-refractivity contribution in [1.29, 1.82) is 0 Å². The van der Waals surface area contributed by atoms with Crippen molar-refractivity contribution in [3.63, 3.8) is 0 Å². The Morgan fingerprint density at radius 1 is 0.840 bits per heavy atom. The molecule has 2 amide bonds. The number of hydrogen-bond acceptors (Lipinski definition) is 3. The van der Waals surface area contributed by atoms with E-state index in [2.05, 4.69) is 0 Å². The highest BCUT2D eigenvalue weighted by atomic mass is 16.6. The second-order valence-corrected chi connectivity index (χ2v) is 5.71. The largest absolute Gasteiger partial charge is 0.415 e. The van der Waals surface area contributed by atoms with E-state index in [0.717, 1.165) is 10.8 Å². The number of carbonyl (C=O) groups excluding carboxylic acids is 2. The third kappa shape index (κ3) is 4.10. The molecule has 0 aliphatic rings. The van der Waals surface area contributed by atoms with Gasteiger partial charge in [-0.2, -0.15) is 0 Å². The maximum Gasteiger partial charge on any atom is 0.415 e. The summed E-state index contributed by atoms with van der Waals surface area (Å²) in [5.74, 6) is 0.186. The Hall–Kier alpha value is -2.56. The molecule has 0 unspecified atom stereocenters. The Bertz CT molecular complexity index is 750. The standard InChI is InChI=1S/C20H26N2O3/c1-5-21(6-2)19(23)17-13-15-11-9-10-12-16(15)14-18(17)25-20(24)22(7-3)8-4/h9-14H,5-8H2,1-4H3. The number of amides is 2. The van der Waals surface area contributed by atoms with E-state index in [1.54, 1.807) is 21.9 Å². The Balaban J connectivity index is 2.49. The molecule has 0 aliphatic heterocycles. The monoisotopic (exact) mass is 342 g/mol. The zero-order valence-corrected chi connectivity index (χ0v) is 15.4. The lowest BCUT2D eigenvalue weighted by atomic mass is 10.0. The molecular weight excluding hydrogens is 316 g/mol. The summed E-state index contributed by atoms with van der Waals surface area (Å²) in [6.07, 6.45) is -0.436. The van der Waals surface area contributed by atoms with E-state index in [9.17, 15) is 9.59 Å². The molecule has 0 saturated carbocycles. The Morgan fingerprint density at radius 3 is 1.88 bits per heavy atom. The lowest BCUT2D eigenvalue weighted by Gasteiger charge is -2.22. The van der Waals surface area contributed by atoms with E-state index in [1.807, 2.05) is 52.0 Å². The summed E-state index contributed by atoms with van der Waals surface area (Å²) < 4.78 is 5.60. The van der Waals surface area contributed by atoms with E-state index in [4.69, 9.17) is 4.74 Å². The van der Waals surface area contributed by atoms with E-state index in [-0.39, 0.29) is 5.91 Å². The van der Waals surface area contributed by atoms with Crippen molar-refractivity contribution in [2.24, 2.45) is 0 Å². The van der Waals surface area contributed by atoms with Crippen LogP contribution in [0.25, 0.3) is 10.8 Å². The number of nitrogens with zero attached hydrogens (tertiary/aromatic N) is 2. The van der Waals surface area contributed by atoms with Gasteiger partial charge in [-0.3, -0.25) is 4.79 Å². The first-order valence-electron chi connectivity index (χ1n) is 8.84. The Morgan fingerprint density at radius 2 is 1.36 bits per heavy atom. The van der Waals surface area contributed by atoms with Gasteiger partial charge in [0.25, 0.3) is 5.91 Å². The van der Waals surface area contributed by atoms with Crippen LogP contribution in [0.5, 0.6) is 5.75 Å². The molecule has 0 aliphatic carbocycles. The van der Waals surface area contributed by atoms with Gasteiger partial charge in [-0.15, -0.1) is 0 Å². The van der Waals surface area contributed by atoms with Crippen LogP contribution in [0.3, 0.4) is 0 Å². The summed E-state index contributed by atoms with van der Waals surface area (Å²) in [4.78, 5) is 28.6. The van der Waals surface area contributed by atoms with Gasteiger partial charge in [-0.25, -0.2) is 4.79 Å². The van der Waals surface area contributed by atoms with E-state index < -0.39 is 6.09 Å². The van der Waals surface area contributed by atoms with Crippen LogP contribution < -0.4 is 4.74 Å². The van der Waals surface area contributed by atoms with E-state index >= 15 is 0 Å². The van der Waals surface area contributed by atoms with Crippen LogP contribution in [0.2, 0.25) is 0 Å². The molecule has 2 aromatic carbocycles. The SMILES string of the molecule is CCN(CC)C(=O)Oc1cc2ccccc2cc1C(=O)N(CC)CC. The fraction of sp³-hybridized carbons (Fsp3) is 0.400. The van der Waals surface area contributed by atoms with Crippen molar-refractivity contribution in [1.82, 2.24) is 9.80 Å². The summed E-state index contributed by atoms with van der Waals surface area (Å²) >= 11 is 0. The van der Waals surface area contributed by atoms with Crippen LogP contribution in [-0.2, 0) is 0 Å². The van der Waals surface area contributed by atoms with Crippen LogP contribution in [-0.4, -0.2) is 48.0 Å². The fourth-order valence-corrected chi connectivity index (χ4v) is 2.79. The minimum absolute atomic E-state index is 0.127. The number of benzene rings is 2. The van der Waals surface area contributed by atoms with Crippen molar-refractivity contribution in [3.05, 3.63) is 42.0 Å². The molecule has 0 radical (unpaired) electrons. The molecule has 5 nitrogen and oxygen atoms in total. The van der Waals surface area contributed by atoms with Crippen LogP contribution >= 0.6 is 0 Å². The maximum absolute atomic E-state index is 12.9. The predicted octanol–water partition coefficient (Wildman–Crippen LogP) is 4.16. The third-order valence-corrected chi connectivity index (χ3v) is 4.35. The first-order valence-corrected chi connectivity index (χ1v) is 8.84. The molecule has 0 bridgehead atoms. The molecule has 25 heavy (non-hydrogen) atoms. The molecule has 2 rings (SSSR count). The molecule has 0 aromatic heterocycles. The van der Waals surface area contributed by atoms with Gasteiger partial charge in [-0.1, -0.05) is 24.3 Å². The highest BCUT2D eigenvalue weighted by molar-refractivity contribution is 6.02. The highest BCUT2D eigenvalue weighted by Crippen LogP contribution is 2.28. The molecule has 134 valence electrons. The van der Waals surface area contributed by atoms with Gasteiger partial charge in [0, 0.05) is 26.2 Å². The second kappa shape index (κ2) is 8.51. The number of carbonyl (C=O) groups is 2. The Labute approximate surface area is 149 Å². The van der Waals surface area contributed by atoms with Crippen molar-refractivity contribution in [3.8, 4) is 5.75 Å². The first kappa shape index (κ1) is 18.8. The summed E-state index contributed by atoms with van der Waals surface area (Å²) in [7, 11) is 0. The molecule has 2 aromatic rings. The van der Waals surface area contributed by atoms with E-state index in [1.165, 1.54) is 0 Å². The zero-order chi connectivity index (χ0) is 18.4. The number of rotatable bonds is 6. The molecule has 0 spiro atoms. The van der Waals surface area contributed by atoms with Crippen LogP contribution in [0.15, 0.2) is 36.4 Å². The quantitative estimate of drug-likeness (QED) is 0.792. The van der Waals surface area contributed by atoms with Gasteiger partial charge in [0.2, 0.25) is 0 Å². The van der Waals surface area contributed by atoms with Crippen molar-refractivity contribution >= 4 is 22.8 Å². The normalized spacial score (nSPS) is 10.6.